The van der Waals surface area contributed by atoms with Crippen molar-refractivity contribution in [3.63, 3.8) is 0 Å². The molecule has 3 rings (SSSR count). The number of rotatable bonds is 9. The summed E-state index contributed by atoms with van der Waals surface area (Å²) >= 11 is 1.43. The first-order valence-corrected chi connectivity index (χ1v) is 10.4. The minimum Gasteiger partial charge on any atom is -0.427 e. The zero-order valence-electron chi connectivity index (χ0n) is 15.9. The highest BCUT2D eigenvalue weighted by molar-refractivity contribution is 7.22. The van der Waals surface area contributed by atoms with Crippen molar-refractivity contribution in [2.24, 2.45) is 0 Å². The van der Waals surface area contributed by atoms with Crippen LogP contribution in [0, 0.1) is 0 Å². The maximum absolute atomic E-state index is 12.4. The summed E-state index contributed by atoms with van der Waals surface area (Å²) in [5, 5.41) is 3.37. The van der Waals surface area contributed by atoms with E-state index in [4.69, 9.17) is 4.74 Å². The monoisotopic (exact) mass is 396 g/mol. The lowest BCUT2D eigenvalue weighted by atomic mass is 10.1. The summed E-state index contributed by atoms with van der Waals surface area (Å²) in [4.78, 5) is 28.7. The highest BCUT2D eigenvalue weighted by Gasteiger charge is 2.11. The molecule has 3 aromatic rings. The van der Waals surface area contributed by atoms with E-state index in [9.17, 15) is 9.59 Å². The van der Waals surface area contributed by atoms with Crippen LogP contribution in [0.4, 0.5) is 5.13 Å². The molecular weight excluding hydrogens is 372 g/mol. The number of amides is 1. The van der Waals surface area contributed by atoms with Gasteiger partial charge in [0.1, 0.15) is 5.75 Å². The first-order chi connectivity index (χ1) is 13.7. The predicted molar refractivity (Wildman–Crippen MR) is 113 cm³/mol. The Balaban J connectivity index is 1.50. The Hall–Kier alpha value is -2.73. The van der Waals surface area contributed by atoms with Crippen LogP contribution in [0.5, 0.6) is 5.75 Å². The fraction of sp³-hybridized carbons (Fsp3) is 0.318. The van der Waals surface area contributed by atoms with Crippen molar-refractivity contribution in [1.82, 2.24) is 4.98 Å². The second-order valence-electron chi connectivity index (χ2n) is 6.60. The molecule has 0 spiro atoms. The summed E-state index contributed by atoms with van der Waals surface area (Å²) in [7, 11) is 0. The summed E-state index contributed by atoms with van der Waals surface area (Å²) in [6, 6.07) is 14.3. The molecule has 0 radical (unpaired) electrons. The third-order valence-corrected chi connectivity index (χ3v) is 5.30. The minimum absolute atomic E-state index is 0.233. The zero-order valence-corrected chi connectivity index (χ0v) is 16.8. The maximum Gasteiger partial charge on any atom is 0.311 e. The Morgan fingerprint density at radius 3 is 2.50 bits per heavy atom. The van der Waals surface area contributed by atoms with E-state index >= 15 is 0 Å². The van der Waals surface area contributed by atoms with Crippen LogP contribution >= 0.6 is 11.3 Å². The van der Waals surface area contributed by atoms with Gasteiger partial charge in [-0.05, 0) is 42.8 Å². The summed E-state index contributed by atoms with van der Waals surface area (Å²) < 4.78 is 6.36. The molecule has 1 amide bonds. The standard InChI is InChI=1S/C22H24N2O3S/c1-2-3-4-5-6-11-20(25)27-17-14-12-16(13-15-17)21(26)24-22-23-18-9-7-8-10-19(18)28-22/h7-10,12-15H,2-6,11H2,1H3,(H,23,24,26). The van der Waals surface area contributed by atoms with Gasteiger partial charge >= 0.3 is 5.97 Å². The number of ether oxygens (including phenoxy) is 1. The molecule has 0 aliphatic carbocycles. The van der Waals surface area contributed by atoms with Gasteiger partial charge in [-0.2, -0.15) is 0 Å². The Morgan fingerprint density at radius 2 is 1.75 bits per heavy atom. The first-order valence-electron chi connectivity index (χ1n) is 9.63. The van der Waals surface area contributed by atoms with Crippen molar-refractivity contribution in [1.29, 1.82) is 0 Å². The molecule has 1 aromatic heterocycles. The molecule has 6 heteroatoms. The van der Waals surface area contributed by atoms with Gasteiger partial charge in [0.05, 0.1) is 10.2 Å². The number of nitrogens with one attached hydrogen (secondary N) is 1. The smallest absolute Gasteiger partial charge is 0.311 e. The molecular formula is C22H24N2O3S. The van der Waals surface area contributed by atoms with Gasteiger partial charge in [-0.3, -0.25) is 14.9 Å². The van der Waals surface area contributed by atoms with Crippen LogP contribution in [-0.2, 0) is 4.79 Å². The Morgan fingerprint density at radius 1 is 1.00 bits per heavy atom. The fourth-order valence-electron chi connectivity index (χ4n) is 2.82. The fourth-order valence-corrected chi connectivity index (χ4v) is 3.69. The molecule has 0 fully saturated rings. The highest BCUT2D eigenvalue weighted by atomic mass is 32.1. The molecule has 0 unspecified atom stereocenters. The average molecular weight is 397 g/mol. The average Bonchev–Trinajstić information content (AvgIpc) is 3.10. The minimum atomic E-state index is -0.243. The number of nitrogens with zero attached hydrogens (tertiary/aromatic N) is 1. The number of esters is 1. The molecule has 146 valence electrons. The van der Waals surface area contributed by atoms with Gasteiger partial charge in [-0.25, -0.2) is 4.98 Å². The summed E-state index contributed by atoms with van der Waals surface area (Å²) in [5.41, 5.74) is 1.35. The van der Waals surface area contributed by atoms with Crippen molar-refractivity contribution in [3.8, 4) is 5.75 Å². The third kappa shape index (κ3) is 5.63. The number of thiazole rings is 1. The van der Waals surface area contributed by atoms with Crippen molar-refractivity contribution >= 4 is 38.6 Å². The van der Waals surface area contributed by atoms with Crippen LogP contribution in [0.3, 0.4) is 0 Å². The Kier molecular flexibility index (Phi) is 7.14. The van der Waals surface area contributed by atoms with E-state index in [1.54, 1.807) is 24.3 Å². The highest BCUT2D eigenvalue weighted by Crippen LogP contribution is 2.26. The van der Waals surface area contributed by atoms with E-state index in [2.05, 4.69) is 17.2 Å². The van der Waals surface area contributed by atoms with Crippen LogP contribution in [0.2, 0.25) is 0 Å². The second-order valence-corrected chi connectivity index (χ2v) is 7.63. The van der Waals surface area contributed by atoms with Crippen LogP contribution in [0.25, 0.3) is 10.2 Å². The third-order valence-electron chi connectivity index (χ3n) is 4.35. The van der Waals surface area contributed by atoms with Crippen molar-refractivity contribution in [2.75, 3.05) is 5.32 Å². The van der Waals surface area contributed by atoms with E-state index in [0.717, 1.165) is 29.5 Å². The molecule has 0 atom stereocenters. The van der Waals surface area contributed by atoms with Crippen LogP contribution in [-0.4, -0.2) is 16.9 Å². The summed E-state index contributed by atoms with van der Waals surface area (Å²) in [5.74, 6) is -0.0221. The number of anilines is 1. The number of benzene rings is 2. The van der Waals surface area contributed by atoms with E-state index in [1.807, 2.05) is 24.3 Å². The number of hydrogen-bond acceptors (Lipinski definition) is 5. The SMILES string of the molecule is CCCCCCCC(=O)Oc1ccc(C(=O)Nc2nc3ccccc3s2)cc1. The number of carbonyl (C=O) groups excluding carboxylic acids is 2. The van der Waals surface area contributed by atoms with Gasteiger partial charge in [-0.1, -0.05) is 56.1 Å². The van der Waals surface area contributed by atoms with Crippen molar-refractivity contribution < 1.29 is 14.3 Å². The normalized spacial score (nSPS) is 10.8. The second kappa shape index (κ2) is 9.99. The number of carbonyl (C=O) groups is 2. The lowest BCUT2D eigenvalue weighted by Crippen LogP contribution is -2.12. The van der Waals surface area contributed by atoms with Gasteiger partial charge in [0.25, 0.3) is 5.91 Å². The molecule has 28 heavy (non-hydrogen) atoms. The van der Waals surface area contributed by atoms with Crippen LogP contribution in [0.1, 0.15) is 55.8 Å². The summed E-state index contributed by atoms with van der Waals surface area (Å²) in [6.45, 7) is 2.16. The molecule has 0 aliphatic rings. The lowest BCUT2D eigenvalue weighted by Gasteiger charge is -2.06. The van der Waals surface area contributed by atoms with E-state index < -0.39 is 0 Å². The topological polar surface area (TPSA) is 68.3 Å². The number of aromatic nitrogens is 1. The van der Waals surface area contributed by atoms with E-state index in [-0.39, 0.29) is 11.9 Å². The Bertz CT molecular complexity index is 901. The van der Waals surface area contributed by atoms with Gasteiger partial charge in [0, 0.05) is 12.0 Å². The number of fused-ring (bicyclic) bond motifs is 1. The van der Waals surface area contributed by atoms with Crippen molar-refractivity contribution in [2.45, 2.75) is 45.4 Å². The largest absolute Gasteiger partial charge is 0.427 e. The zero-order chi connectivity index (χ0) is 19.8. The van der Waals surface area contributed by atoms with E-state index in [0.29, 0.717) is 22.9 Å². The Labute approximate surface area is 168 Å². The molecule has 0 saturated carbocycles. The first kappa shape index (κ1) is 20.0. The van der Waals surface area contributed by atoms with Crippen LogP contribution in [0.15, 0.2) is 48.5 Å². The molecule has 2 aromatic carbocycles. The summed E-state index contributed by atoms with van der Waals surface area (Å²) in [6.07, 6.45) is 5.86. The van der Waals surface area contributed by atoms with Gasteiger partial charge in [0.2, 0.25) is 0 Å². The quantitative estimate of drug-likeness (QED) is 0.281. The maximum atomic E-state index is 12.4. The predicted octanol–water partition coefficient (Wildman–Crippen LogP) is 5.81. The molecule has 1 heterocycles. The molecule has 0 bridgehead atoms. The number of para-hydroxylation sites is 1. The molecule has 5 nitrogen and oxygen atoms in total. The van der Waals surface area contributed by atoms with E-state index in [1.165, 1.54) is 24.2 Å². The van der Waals surface area contributed by atoms with Gasteiger partial charge < -0.3 is 4.74 Å². The van der Waals surface area contributed by atoms with Gasteiger partial charge in [0.15, 0.2) is 5.13 Å². The molecule has 0 aliphatic heterocycles. The number of hydrogen-bond donors (Lipinski definition) is 1. The number of unbranched alkanes of at least 4 members (excludes halogenated alkanes) is 4. The molecule has 1 N–H and O–H groups in total. The van der Waals surface area contributed by atoms with Gasteiger partial charge in [-0.15, -0.1) is 0 Å². The lowest BCUT2D eigenvalue weighted by molar-refractivity contribution is -0.134. The van der Waals surface area contributed by atoms with Crippen LogP contribution < -0.4 is 10.1 Å². The molecule has 0 saturated heterocycles. The van der Waals surface area contributed by atoms with Crippen molar-refractivity contribution in [3.05, 3.63) is 54.1 Å².